The molecule has 15 heavy (non-hydrogen) atoms. The van der Waals surface area contributed by atoms with Gasteiger partial charge in [-0.1, -0.05) is 6.92 Å². The minimum absolute atomic E-state index is 0.991. The summed E-state index contributed by atoms with van der Waals surface area (Å²) in [4.78, 5) is 6.49. The lowest BCUT2D eigenvalue weighted by Crippen LogP contribution is -2.16. The number of aromatic nitrogens is 2. The van der Waals surface area contributed by atoms with Crippen molar-refractivity contribution in [2.45, 2.75) is 26.3 Å². The van der Waals surface area contributed by atoms with E-state index in [0.29, 0.717) is 0 Å². The Hall–Kier alpha value is -1.03. The molecule has 0 saturated carbocycles. The second-order valence-electron chi connectivity index (χ2n) is 4.03. The minimum atomic E-state index is 0.991. The molecular formula is C11H22N4. The van der Waals surface area contributed by atoms with Crippen LogP contribution < -0.4 is 5.32 Å². The maximum atomic E-state index is 4.29. The first-order valence-electron chi connectivity index (χ1n) is 5.63. The normalized spacial score (nSPS) is 10.9. The number of aryl methyl sites for hydroxylation is 1. The molecule has 1 aromatic heterocycles. The number of hydrogen-bond donors (Lipinski definition) is 1. The molecule has 1 heterocycles. The number of anilines is 1. The molecule has 0 spiro atoms. The zero-order valence-electron chi connectivity index (χ0n) is 10.0. The van der Waals surface area contributed by atoms with Crippen LogP contribution in [0.1, 0.15) is 19.8 Å². The Morgan fingerprint density at radius 1 is 1.47 bits per heavy atom. The topological polar surface area (TPSA) is 33.1 Å². The molecule has 0 radical (unpaired) electrons. The molecule has 0 aliphatic heterocycles. The first-order chi connectivity index (χ1) is 7.24. The molecule has 0 unspecified atom stereocenters. The van der Waals surface area contributed by atoms with Gasteiger partial charge in [0, 0.05) is 25.5 Å². The van der Waals surface area contributed by atoms with Crippen molar-refractivity contribution < 1.29 is 0 Å². The van der Waals surface area contributed by atoms with E-state index in [1.165, 1.54) is 0 Å². The lowest BCUT2D eigenvalue weighted by Gasteiger charge is -2.11. The fraction of sp³-hybridized carbons (Fsp3) is 0.727. The van der Waals surface area contributed by atoms with Crippen molar-refractivity contribution in [2.24, 2.45) is 0 Å². The second kappa shape index (κ2) is 6.45. The summed E-state index contributed by atoms with van der Waals surface area (Å²) in [6, 6.07) is 0. The SMILES string of the molecule is CCCNc1nccn1CCCN(C)C. The molecule has 0 aliphatic carbocycles. The van der Waals surface area contributed by atoms with Crippen molar-refractivity contribution in [3.05, 3.63) is 12.4 Å². The van der Waals surface area contributed by atoms with E-state index in [4.69, 9.17) is 0 Å². The van der Waals surface area contributed by atoms with Gasteiger partial charge in [-0.25, -0.2) is 4.98 Å². The number of nitrogens with zero attached hydrogens (tertiary/aromatic N) is 3. The van der Waals surface area contributed by atoms with Crippen LogP contribution in [0.3, 0.4) is 0 Å². The largest absolute Gasteiger partial charge is 0.356 e. The van der Waals surface area contributed by atoms with E-state index in [9.17, 15) is 0 Å². The van der Waals surface area contributed by atoms with E-state index in [2.05, 4.69) is 40.8 Å². The Morgan fingerprint density at radius 2 is 2.27 bits per heavy atom. The van der Waals surface area contributed by atoms with Gasteiger partial charge in [0.2, 0.25) is 5.95 Å². The van der Waals surface area contributed by atoms with Gasteiger partial charge in [-0.2, -0.15) is 0 Å². The van der Waals surface area contributed by atoms with Crippen molar-refractivity contribution in [3.8, 4) is 0 Å². The van der Waals surface area contributed by atoms with Gasteiger partial charge < -0.3 is 14.8 Å². The highest BCUT2D eigenvalue weighted by atomic mass is 15.2. The van der Waals surface area contributed by atoms with Crippen LogP contribution in [0, 0.1) is 0 Å². The molecule has 0 bridgehead atoms. The molecule has 4 nitrogen and oxygen atoms in total. The molecule has 86 valence electrons. The number of nitrogens with one attached hydrogen (secondary N) is 1. The Kier molecular flexibility index (Phi) is 5.18. The van der Waals surface area contributed by atoms with Crippen molar-refractivity contribution in [3.63, 3.8) is 0 Å². The minimum Gasteiger partial charge on any atom is -0.356 e. The standard InChI is InChI=1S/C11H22N4/c1-4-6-12-11-13-7-10-15(11)9-5-8-14(2)3/h7,10H,4-6,8-9H2,1-3H3,(H,12,13). The van der Waals surface area contributed by atoms with Crippen LogP contribution in [0.5, 0.6) is 0 Å². The highest BCUT2D eigenvalue weighted by Gasteiger charge is 2.00. The van der Waals surface area contributed by atoms with Crippen LogP contribution in [-0.4, -0.2) is 41.6 Å². The van der Waals surface area contributed by atoms with E-state index in [1.54, 1.807) is 0 Å². The van der Waals surface area contributed by atoms with E-state index >= 15 is 0 Å². The van der Waals surface area contributed by atoms with Gasteiger partial charge in [0.1, 0.15) is 0 Å². The third-order valence-electron chi connectivity index (χ3n) is 2.25. The van der Waals surface area contributed by atoms with Crippen LogP contribution in [0.2, 0.25) is 0 Å². The average Bonchev–Trinajstić information content (AvgIpc) is 2.62. The van der Waals surface area contributed by atoms with E-state index in [1.807, 2.05) is 12.4 Å². The molecule has 0 aromatic carbocycles. The molecule has 1 rings (SSSR count). The fourth-order valence-corrected chi connectivity index (χ4v) is 1.45. The summed E-state index contributed by atoms with van der Waals surface area (Å²) >= 11 is 0. The summed E-state index contributed by atoms with van der Waals surface area (Å²) in [6.45, 7) is 5.30. The van der Waals surface area contributed by atoms with Crippen LogP contribution in [0.15, 0.2) is 12.4 Å². The lowest BCUT2D eigenvalue weighted by molar-refractivity contribution is 0.387. The smallest absolute Gasteiger partial charge is 0.202 e. The third kappa shape index (κ3) is 4.34. The lowest BCUT2D eigenvalue weighted by atomic mass is 10.4. The predicted octanol–water partition coefficient (Wildman–Crippen LogP) is 1.66. The second-order valence-corrected chi connectivity index (χ2v) is 4.03. The number of hydrogen-bond acceptors (Lipinski definition) is 3. The Balaban J connectivity index is 2.35. The molecule has 0 amide bonds. The number of rotatable bonds is 7. The Labute approximate surface area is 92.3 Å². The molecule has 0 atom stereocenters. The molecule has 1 N–H and O–H groups in total. The Bertz CT molecular complexity index is 267. The van der Waals surface area contributed by atoms with Gasteiger partial charge in [-0.05, 0) is 33.5 Å². The van der Waals surface area contributed by atoms with Crippen LogP contribution in [0.4, 0.5) is 5.95 Å². The van der Waals surface area contributed by atoms with Gasteiger partial charge in [-0.3, -0.25) is 0 Å². The van der Waals surface area contributed by atoms with Gasteiger partial charge in [0.05, 0.1) is 0 Å². The van der Waals surface area contributed by atoms with Crippen molar-refractivity contribution in [2.75, 3.05) is 32.5 Å². The third-order valence-corrected chi connectivity index (χ3v) is 2.25. The highest BCUT2D eigenvalue weighted by Crippen LogP contribution is 2.05. The molecule has 0 fully saturated rings. The predicted molar refractivity (Wildman–Crippen MR) is 64.2 cm³/mol. The summed E-state index contributed by atoms with van der Waals surface area (Å²) in [5, 5.41) is 3.32. The number of imidazole rings is 1. The van der Waals surface area contributed by atoms with Crippen molar-refractivity contribution in [1.29, 1.82) is 0 Å². The zero-order chi connectivity index (χ0) is 11.1. The first kappa shape index (κ1) is 12.0. The molecule has 4 heteroatoms. The van der Waals surface area contributed by atoms with Crippen LogP contribution in [-0.2, 0) is 6.54 Å². The van der Waals surface area contributed by atoms with E-state index < -0.39 is 0 Å². The quantitative estimate of drug-likeness (QED) is 0.743. The fourth-order valence-electron chi connectivity index (χ4n) is 1.45. The molecule has 1 aromatic rings. The molecular weight excluding hydrogens is 188 g/mol. The van der Waals surface area contributed by atoms with Crippen LogP contribution >= 0.6 is 0 Å². The van der Waals surface area contributed by atoms with Gasteiger partial charge in [0.15, 0.2) is 0 Å². The first-order valence-corrected chi connectivity index (χ1v) is 5.63. The Morgan fingerprint density at radius 3 is 2.93 bits per heavy atom. The summed E-state index contributed by atoms with van der Waals surface area (Å²) in [5.74, 6) is 0.996. The highest BCUT2D eigenvalue weighted by molar-refractivity contribution is 5.25. The maximum absolute atomic E-state index is 4.29. The van der Waals surface area contributed by atoms with E-state index in [0.717, 1.165) is 38.4 Å². The summed E-state index contributed by atoms with van der Waals surface area (Å²) in [7, 11) is 4.20. The van der Waals surface area contributed by atoms with Crippen molar-refractivity contribution in [1.82, 2.24) is 14.5 Å². The van der Waals surface area contributed by atoms with Crippen molar-refractivity contribution >= 4 is 5.95 Å². The summed E-state index contributed by atoms with van der Waals surface area (Å²) in [5.41, 5.74) is 0. The van der Waals surface area contributed by atoms with E-state index in [-0.39, 0.29) is 0 Å². The monoisotopic (exact) mass is 210 g/mol. The summed E-state index contributed by atoms with van der Waals surface area (Å²) in [6.07, 6.45) is 6.18. The van der Waals surface area contributed by atoms with Crippen LogP contribution in [0.25, 0.3) is 0 Å². The maximum Gasteiger partial charge on any atom is 0.202 e. The van der Waals surface area contributed by atoms with Gasteiger partial charge >= 0.3 is 0 Å². The average molecular weight is 210 g/mol. The zero-order valence-corrected chi connectivity index (χ0v) is 10.0. The van der Waals surface area contributed by atoms with Gasteiger partial charge in [0.25, 0.3) is 0 Å². The summed E-state index contributed by atoms with van der Waals surface area (Å²) < 4.78 is 2.18. The molecule has 0 saturated heterocycles. The molecule has 0 aliphatic rings. The van der Waals surface area contributed by atoms with Gasteiger partial charge in [-0.15, -0.1) is 0 Å².